The Balaban J connectivity index is 2.40. The Hall–Kier alpha value is 0.390. The summed E-state index contributed by atoms with van der Waals surface area (Å²) in [6, 6.07) is 0. The molecule has 0 heterocycles. The van der Waals surface area contributed by atoms with Crippen molar-refractivity contribution in [1.29, 1.82) is 0 Å². The molecule has 1 atom stereocenters. The molecule has 3 heteroatoms. The van der Waals surface area contributed by atoms with E-state index in [1.807, 2.05) is 0 Å². The third kappa shape index (κ3) is 4.39. The summed E-state index contributed by atoms with van der Waals surface area (Å²) in [6.45, 7) is 0. The van der Waals surface area contributed by atoms with Crippen LogP contribution in [0.5, 0.6) is 0 Å². The highest BCUT2D eigenvalue weighted by molar-refractivity contribution is 7.69. The highest BCUT2D eigenvalue weighted by Crippen LogP contribution is 2.11. The van der Waals surface area contributed by atoms with Crippen molar-refractivity contribution >= 4 is 25.5 Å². The van der Waals surface area contributed by atoms with Gasteiger partial charge in [0.2, 0.25) is 0 Å². The van der Waals surface area contributed by atoms with E-state index in [1.54, 1.807) is 0 Å². The molecule has 0 N–H and O–H groups in total. The summed E-state index contributed by atoms with van der Waals surface area (Å²) in [6.07, 6.45) is 1.31. The molecule has 0 bridgehead atoms. The molecule has 0 saturated heterocycles. The predicted molar refractivity (Wildman–Crippen MR) is 25.1 cm³/mol. The van der Waals surface area contributed by atoms with Gasteiger partial charge in [-0.25, -0.2) is 0 Å². The van der Waals surface area contributed by atoms with Crippen molar-refractivity contribution in [1.82, 2.24) is 0 Å². The molecule has 1 nitrogen and oxygen atoms in total. The van der Waals surface area contributed by atoms with Gasteiger partial charge < -0.3 is 4.79 Å². The van der Waals surface area contributed by atoms with Crippen LogP contribution in [0.1, 0.15) is 0 Å². The summed E-state index contributed by atoms with van der Waals surface area (Å²) in [5.74, 6) is 0. The van der Waals surface area contributed by atoms with Gasteiger partial charge in [0, 0.05) is 6.16 Å². The van der Waals surface area contributed by atoms with E-state index >= 15 is 0 Å². The first kappa shape index (κ1) is 5.39. The normalized spacial score (nSPS) is 9.80. The van der Waals surface area contributed by atoms with Crippen LogP contribution >= 0.6 is 19.2 Å². The zero-order valence-corrected chi connectivity index (χ0v) is 4.33. The van der Waals surface area contributed by atoms with Crippen LogP contribution < -0.4 is 0 Å². The molecule has 0 amide bonds. The summed E-state index contributed by atoms with van der Waals surface area (Å²) >= 11 is 5.10. The van der Waals surface area contributed by atoms with Crippen molar-refractivity contribution in [3.8, 4) is 0 Å². The second kappa shape index (κ2) is 4.39. The Morgan fingerprint density at radius 3 is 2.60 bits per heavy atom. The van der Waals surface area contributed by atoms with Crippen molar-refractivity contribution in [2.24, 2.45) is 0 Å². The molecule has 30 valence electrons. The van der Waals surface area contributed by atoms with Crippen molar-refractivity contribution in [2.45, 2.75) is 0 Å². The maximum atomic E-state index is 9.33. The fourth-order valence-electron chi connectivity index (χ4n) is 0.0315. The molecule has 0 aromatic heterocycles. The van der Waals surface area contributed by atoms with Gasteiger partial charge in [0.15, 0.2) is 0 Å². The van der Waals surface area contributed by atoms with E-state index in [9.17, 15) is 4.79 Å². The fourth-order valence-corrected chi connectivity index (χ4v) is 0.283. The number of halogens is 1. The van der Waals surface area contributed by atoms with E-state index in [0.29, 0.717) is 6.16 Å². The van der Waals surface area contributed by atoms with Gasteiger partial charge in [-0.3, -0.25) is 0 Å². The van der Waals surface area contributed by atoms with E-state index in [2.05, 4.69) is 0 Å². The lowest BCUT2D eigenvalue weighted by molar-refractivity contribution is -0.105. The number of rotatable bonds is 2. The molecule has 0 spiro atoms. The lowest BCUT2D eigenvalue weighted by atomic mass is 10.9. The van der Waals surface area contributed by atoms with E-state index in [-0.39, 0.29) is 7.93 Å². The van der Waals surface area contributed by atoms with Crippen LogP contribution in [0.4, 0.5) is 0 Å². The average molecular weight is 110 g/mol. The lowest BCUT2D eigenvalue weighted by Crippen LogP contribution is -1.65. The molecule has 0 rings (SSSR count). The summed E-state index contributed by atoms with van der Waals surface area (Å²) in [7, 11) is 0.262. The van der Waals surface area contributed by atoms with Crippen LogP contribution in [0.25, 0.3) is 0 Å². The maximum Gasteiger partial charge on any atom is 0.125 e. The smallest absolute Gasteiger partial charge is 0.125 e. The minimum absolute atomic E-state index is 0.262. The SMILES string of the molecule is O=CCPCl. The van der Waals surface area contributed by atoms with Crippen LogP contribution in [-0.2, 0) is 4.79 Å². The Morgan fingerprint density at radius 2 is 2.60 bits per heavy atom. The Kier molecular flexibility index (Phi) is 4.73. The van der Waals surface area contributed by atoms with E-state index in [1.165, 1.54) is 0 Å². The Bertz CT molecular complexity index is 30.8. The quantitative estimate of drug-likeness (QED) is 0.383. The Labute approximate surface area is 37.3 Å². The van der Waals surface area contributed by atoms with Crippen LogP contribution in [0.15, 0.2) is 0 Å². The number of hydrogen-bond acceptors (Lipinski definition) is 1. The van der Waals surface area contributed by atoms with Gasteiger partial charge in [-0.1, -0.05) is 11.2 Å². The van der Waals surface area contributed by atoms with Gasteiger partial charge >= 0.3 is 0 Å². The van der Waals surface area contributed by atoms with Crippen LogP contribution in [0.3, 0.4) is 0 Å². The summed E-state index contributed by atoms with van der Waals surface area (Å²) in [4.78, 5) is 9.33. The second-order valence-electron chi connectivity index (χ2n) is 0.504. The van der Waals surface area contributed by atoms with E-state index in [4.69, 9.17) is 11.2 Å². The van der Waals surface area contributed by atoms with Crippen LogP contribution in [0.2, 0.25) is 0 Å². The molecule has 5 heavy (non-hydrogen) atoms. The third-order valence-corrected chi connectivity index (χ3v) is 0.944. The first-order chi connectivity index (χ1) is 2.41. The van der Waals surface area contributed by atoms with E-state index in [0.717, 1.165) is 6.29 Å². The Morgan fingerprint density at radius 1 is 2.00 bits per heavy atom. The van der Waals surface area contributed by atoms with Gasteiger partial charge in [-0.15, -0.1) is 0 Å². The summed E-state index contributed by atoms with van der Waals surface area (Å²) in [5, 5.41) is 0. The maximum absolute atomic E-state index is 9.33. The minimum atomic E-state index is 0.262. The highest BCUT2D eigenvalue weighted by Gasteiger charge is 1.68. The zero-order valence-electron chi connectivity index (χ0n) is 2.57. The molecular weight excluding hydrogens is 106 g/mol. The van der Waals surface area contributed by atoms with Gasteiger partial charge in [-0.05, 0) is 7.93 Å². The second-order valence-corrected chi connectivity index (χ2v) is 1.98. The molecular formula is C2H4ClOP. The highest BCUT2D eigenvalue weighted by atomic mass is 35.7. The standard InChI is InChI=1S/C2H4ClOP/c3-5-2-1-4/h1,5H,2H2. The summed E-state index contributed by atoms with van der Waals surface area (Å²) in [5.41, 5.74) is 0. The van der Waals surface area contributed by atoms with Crippen molar-refractivity contribution in [3.63, 3.8) is 0 Å². The predicted octanol–water partition coefficient (Wildman–Crippen LogP) is 1.02. The molecule has 0 aliphatic carbocycles. The molecule has 1 unspecified atom stereocenters. The minimum Gasteiger partial charge on any atom is -0.303 e. The fraction of sp³-hybridized carbons (Fsp3) is 0.500. The molecule has 0 aromatic carbocycles. The molecule has 0 aliphatic heterocycles. The first-order valence-corrected chi connectivity index (χ1v) is 3.41. The average Bonchev–Trinajstić information content (AvgIpc) is 1.41. The number of aldehydes is 1. The molecule has 0 saturated carbocycles. The first-order valence-electron chi connectivity index (χ1n) is 1.19. The van der Waals surface area contributed by atoms with Gasteiger partial charge in [-0.2, -0.15) is 0 Å². The van der Waals surface area contributed by atoms with Gasteiger partial charge in [0.05, 0.1) is 0 Å². The van der Waals surface area contributed by atoms with Crippen LogP contribution in [0, 0.1) is 0 Å². The zero-order chi connectivity index (χ0) is 4.12. The van der Waals surface area contributed by atoms with Crippen molar-refractivity contribution in [3.05, 3.63) is 0 Å². The van der Waals surface area contributed by atoms with Crippen LogP contribution in [-0.4, -0.2) is 12.4 Å². The molecule has 0 fully saturated rings. The van der Waals surface area contributed by atoms with Crippen molar-refractivity contribution < 1.29 is 4.79 Å². The number of carbonyl (C=O) groups excluding carboxylic acids is 1. The molecule has 0 radical (unpaired) electrons. The summed E-state index contributed by atoms with van der Waals surface area (Å²) < 4.78 is 0. The van der Waals surface area contributed by atoms with Gasteiger partial charge in [0.1, 0.15) is 6.29 Å². The molecule has 0 aliphatic rings. The van der Waals surface area contributed by atoms with Gasteiger partial charge in [0.25, 0.3) is 0 Å². The topological polar surface area (TPSA) is 17.1 Å². The largest absolute Gasteiger partial charge is 0.303 e. The van der Waals surface area contributed by atoms with E-state index < -0.39 is 0 Å². The third-order valence-electron chi connectivity index (χ3n) is 0.160. The van der Waals surface area contributed by atoms with Crippen molar-refractivity contribution in [2.75, 3.05) is 6.16 Å². The molecule has 0 aromatic rings. The lowest BCUT2D eigenvalue weighted by Gasteiger charge is -1.66. The number of carbonyl (C=O) groups is 1. The number of hydrogen-bond donors (Lipinski definition) is 0. The monoisotopic (exact) mass is 110 g/mol.